The van der Waals surface area contributed by atoms with Gasteiger partial charge in [0.1, 0.15) is 0 Å². The van der Waals surface area contributed by atoms with Crippen molar-refractivity contribution in [1.29, 1.82) is 0 Å². The van der Waals surface area contributed by atoms with E-state index in [4.69, 9.17) is 29.4 Å². The SMILES string of the molecule is CC(=O)O[C@@H]1[C@@H](OC(C)=O)[C@H](OCCN)OC[C@H]1OC(C)=O. The Balaban J connectivity index is 2.95. The van der Waals surface area contributed by atoms with E-state index in [9.17, 15) is 14.4 Å². The van der Waals surface area contributed by atoms with Gasteiger partial charge in [-0.05, 0) is 0 Å². The van der Waals surface area contributed by atoms with Crippen molar-refractivity contribution in [3.8, 4) is 0 Å². The molecule has 0 aromatic rings. The maximum absolute atomic E-state index is 11.3. The van der Waals surface area contributed by atoms with Gasteiger partial charge < -0.3 is 29.4 Å². The van der Waals surface area contributed by atoms with Crippen LogP contribution in [0.4, 0.5) is 0 Å². The van der Waals surface area contributed by atoms with E-state index in [-0.39, 0.29) is 19.8 Å². The summed E-state index contributed by atoms with van der Waals surface area (Å²) in [7, 11) is 0. The average Bonchev–Trinajstić information content (AvgIpc) is 2.40. The molecular weight excluding hydrogens is 298 g/mol. The van der Waals surface area contributed by atoms with Gasteiger partial charge in [-0.3, -0.25) is 14.4 Å². The Morgan fingerprint density at radius 3 is 2.05 bits per heavy atom. The van der Waals surface area contributed by atoms with Crippen LogP contribution in [0.15, 0.2) is 0 Å². The molecule has 0 radical (unpaired) electrons. The first-order valence-electron chi connectivity index (χ1n) is 6.80. The topological polar surface area (TPSA) is 123 Å². The lowest BCUT2D eigenvalue weighted by molar-refractivity contribution is -0.280. The van der Waals surface area contributed by atoms with Crippen molar-refractivity contribution in [2.75, 3.05) is 19.8 Å². The van der Waals surface area contributed by atoms with Crippen LogP contribution in [0, 0.1) is 0 Å². The summed E-state index contributed by atoms with van der Waals surface area (Å²) in [6.45, 7) is 3.93. The normalized spacial score (nSPS) is 27.8. The van der Waals surface area contributed by atoms with Crippen LogP contribution in [0.25, 0.3) is 0 Å². The van der Waals surface area contributed by atoms with Gasteiger partial charge in [0.25, 0.3) is 0 Å². The van der Waals surface area contributed by atoms with Crippen LogP contribution in [-0.4, -0.2) is 62.3 Å². The minimum atomic E-state index is -1.06. The van der Waals surface area contributed by atoms with Crippen LogP contribution in [-0.2, 0) is 38.1 Å². The summed E-state index contributed by atoms with van der Waals surface area (Å²) >= 11 is 0. The predicted octanol–water partition coefficient (Wildman–Crippen LogP) is -0.887. The summed E-state index contributed by atoms with van der Waals surface area (Å²) in [6, 6.07) is 0. The third-order valence-corrected chi connectivity index (χ3v) is 2.70. The highest BCUT2D eigenvalue weighted by atomic mass is 16.7. The van der Waals surface area contributed by atoms with Gasteiger partial charge in [0.2, 0.25) is 0 Å². The molecule has 1 heterocycles. The van der Waals surface area contributed by atoms with E-state index in [0.717, 1.165) is 0 Å². The first-order valence-corrected chi connectivity index (χ1v) is 6.80. The second kappa shape index (κ2) is 8.66. The number of ether oxygens (including phenoxy) is 5. The van der Waals surface area contributed by atoms with Gasteiger partial charge in [-0.2, -0.15) is 0 Å². The maximum Gasteiger partial charge on any atom is 0.303 e. The largest absolute Gasteiger partial charge is 0.456 e. The van der Waals surface area contributed by atoms with Crippen molar-refractivity contribution in [2.45, 2.75) is 45.4 Å². The molecule has 0 aromatic heterocycles. The van der Waals surface area contributed by atoms with Crippen molar-refractivity contribution < 1.29 is 38.1 Å². The van der Waals surface area contributed by atoms with Gasteiger partial charge in [-0.1, -0.05) is 0 Å². The van der Waals surface area contributed by atoms with Crippen LogP contribution in [0.1, 0.15) is 20.8 Å². The zero-order chi connectivity index (χ0) is 16.7. The quantitative estimate of drug-likeness (QED) is 0.490. The lowest BCUT2D eigenvalue weighted by atomic mass is 10.0. The molecule has 0 unspecified atom stereocenters. The summed E-state index contributed by atoms with van der Waals surface area (Å²) in [5, 5.41) is 0. The first-order chi connectivity index (χ1) is 10.3. The molecule has 0 aromatic carbocycles. The molecule has 1 fully saturated rings. The number of nitrogens with two attached hydrogens (primary N) is 1. The Morgan fingerprint density at radius 1 is 1.00 bits per heavy atom. The molecule has 2 N–H and O–H groups in total. The Morgan fingerprint density at radius 2 is 1.55 bits per heavy atom. The summed E-state index contributed by atoms with van der Waals surface area (Å²) in [4.78, 5) is 33.7. The number of hydrogen-bond acceptors (Lipinski definition) is 9. The highest BCUT2D eigenvalue weighted by Crippen LogP contribution is 2.25. The average molecular weight is 319 g/mol. The van der Waals surface area contributed by atoms with Crippen molar-refractivity contribution in [3.05, 3.63) is 0 Å². The Kier molecular flexibility index (Phi) is 7.22. The number of carbonyl (C=O) groups excluding carboxylic acids is 3. The van der Waals surface area contributed by atoms with Gasteiger partial charge in [0, 0.05) is 27.3 Å². The molecule has 4 atom stereocenters. The highest BCUT2D eigenvalue weighted by Gasteiger charge is 2.47. The zero-order valence-corrected chi connectivity index (χ0v) is 12.8. The number of carbonyl (C=O) groups is 3. The summed E-state index contributed by atoms with van der Waals surface area (Å²) in [5.41, 5.74) is 5.36. The number of hydrogen-bond donors (Lipinski definition) is 1. The first kappa shape index (κ1) is 18.3. The van der Waals surface area contributed by atoms with E-state index in [0.29, 0.717) is 0 Å². The van der Waals surface area contributed by atoms with E-state index in [2.05, 4.69) is 0 Å². The summed E-state index contributed by atoms with van der Waals surface area (Å²) < 4.78 is 26.1. The fourth-order valence-electron chi connectivity index (χ4n) is 2.04. The van der Waals surface area contributed by atoms with Crippen LogP contribution in [0.2, 0.25) is 0 Å². The van der Waals surface area contributed by atoms with Crippen LogP contribution in [0.5, 0.6) is 0 Å². The lowest BCUT2D eigenvalue weighted by Gasteiger charge is -2.40. The van der Waals surface area contributed by atoms with E-state index in [1.165, 1.54) is 20.8 Å². The van der Waals surface area contributed by atoms with Gasteiger partial charge in [0.05, 0.1) is 13.2 Å². The highest BCUT2D eigenvalue weighted by molar-refractivity contribution is 5.68. The van der Waals surface area contributed by atoms with E-state index in [1.54, 1.807) is 0 Å². The zero-order valence-electron chi connectivity index (χ0n) is 12.8. The maximum atomic E-state index is 11.3. The van der Waals surface area contributed by atoms with Crippen molar-refractivity contribution >= 4 is 17.9 Å². The van der Waals surface area contributed by atoms with Crippen LogP contribution >= 0.6 is 0 Å². The third kappa shape index (κ3) is 5.58. The van der Waals surface area contributed by atoms with Gasteiger partial charge >= 0.3 is 17.9 Å². The molecule has 1 aliphatic heterocycles. The molecule has 9 nitrogen and oxygen atoms in total. The number of rotatable bonds is 6. The van der Waals surface area contributed by atoms with E-state index >= 15 is 0 Å². The Bertz CT molecular complexity index is 413. The third-order valence-electron chi connectivity index (χ3n) is 2.70. The molecule has 126 valence electrons. The van der Waals surface area contributed by atoms with E-state index < -0.39 is 42.5 Å². The standard InChI is InChI=1S/C13H21NO8/c1-7(15)20-10-6-19-13(18-5-4-14)12(22-9(3)17)11(10)21-8(2)16/h10-13H,4-6,14H2,1-3H3/t10-,11+,12-,13-/m1/s1. The fourth-order valence-corrected chi connectivity index (χ4v) is 2.04. The Labute approximate surface area is 128 Å². The van der Waals surface area contributed by atoms with Crippen LogP contribution < -0.4 is 5.73 Å². The van der Waals surface area contributed by atoms with Crippen molar-refractivity contribution in [3.63, 3.8) is 0 Å². The molecule has 0 aliphatic carbocycles. The minimum absolute atomic E-state index is 0.0650. The van der Waals surface area contributed by atoms with Gasteiger partial charge in [-0.15, -0.1) is 0 Å². The Hall–Kier alpha value is -1.71. The monoisotopic (exact) mass is 319 g/mol. The molecule has 0 bridgehead atoms. The second-order valence-electron chi connectivity index (χ2n) is 4.66. The molecule has 9 heteroatoms. The van der Waals surface area contributed by atoms with E-state index in [1.807, 2.05) is 0 Å². The fraction of sp³-hybridized carbons (Fsp3) is 0.769. The van der Waals surface area contributed by atoms with Gasteiger partial charge in [0.15, 0.2) is 24.6 Å². The smallest absolute Gasteiger partial charge is 0.303 e. The second-order valence-corrected chi connectivity index (χ2v) is 4.66. The molecule has 0 spiro atoms. The minimum Gasteiger partial charge on any atom is -0.456 e. The summed E-state index contributed by atoms with van der Waals surface area (Å²) in [5.74, 6) is -1.80. The molecule has 0 saturated carbocycles. The molecule has 0 amide bonds. The molecule has 22 heavy (non-hydrogen) atoms. The molecule has 1 aliphatic rings. The number of esters is 3. The van der Waals surface area contributed by atoms with Gasteiger partial charge in [-0.25, -0.2) is 0 Å². The van der Waals surface area contributed by atoms with Crippen molar-refractivity contribution in [2.24, 2.45) is 5.73 Å². The van der Waals surface area contributed by atoms with Crippen LogP contribution in [0.3, 0.4) is 0 Å². The van der Waals surface area contributed by atoms with Crippen molar-refractivity contribution in [1.82, 2.24) is 0 Å². The predicted molar refractivity (Wildman–Crippen MR) is 71.4 cm³/mol. The summed E-state index contributed by atoms with van der Waals surface area (Å²) in [6.07, 6.45) is -3.96. The molecule has 1 saturated heterocycles. The lowest BCUT2D eigenvalue weighted by Crippen LogP contribution is -2.58. The molecular formula is C13H21NO8. The molecule has 1 rings (SSSR count).